The van der Waals surface area contributed by atoms with Crippen LogP contribution < -0.4 is 5.73 Å². The highest BCUT2D eigenvalue weighted by Gasteiger charge is 2.63. The zero-order valence-corrected chi connectivity index (χ0v) is 24.7. The molecular weight excluding hydrogens is 478 g/mol. The summed E-state index contributed by atoms with van der Waals surface area (Å²) >= 11 is 0. The number of nitrogens with zero attached hydrogens (tertiary/aromatic N) is 4. The van der Waals surface area contributed by atoms with Crippen LogP contribution in [0.2, 0.25) is 36.3 Å². The van der Waals surface area contributed by atoms with E-state index in [1.54, 1.807) is 16.6 Å². The van der Waals surface area contributed by atoms with Gasteiger partial charge in [0.15, 0.2) is 22.5 Å². The number of hydrogen-bond donors (Lipinski definition) is 2. The molecule has 194 valence electrons. The van der Waals surface area contributed by atoms with Crippen LogP contribution in [0.25, 0.3) is 5.52 Å². The Hall–Kier alpha value is -1.82. The molecule has 2 aromatic rings. The van der Waals surface area contributed by atoms with E-state index in [2.05, 4.69) is 83.9 Å². The molecule has 11 heteroatoms. The van der Waals surface area contributed by atoms with Crippen molar-refractivity contribution < 1.29 is 18.7 Å². The molecular formula is C24H41N5O4Si2. The fourth-order valence-electron chi connectivity index (χ4n) is 3.83. The van der Waals surface area contributed by atoms with Gasteiger partial charge in [0.2, 0.25) is 5.60 Å². The Morgan fingerprint density at radius 3 is 2.20 bits per heavy atom. The zero-order valence-electron chi connectivity index (χ0n) is 22.7. The first-order valence-corrected chi connectivity index (χ1v) is 17.9. The number of fused-ring (bicyclic) bond motifs is 1. The summed E-state index contributed by atoms with van der Waals surface area (Å²) in [5, 5.41) is 25.3. The van der Waals surface area contributed by atoms with Gasteiger partial charge in [0.05, 0.1) is 12.3 Å². The van der Waals surface area contributed by atoms with Crippen molar-refractivity contribution in [2.45, 2.75) is 102 Å². The highest BCUT2D eigenvalue weighted by molar-refractivity contribution is 6.74. The molecule has 4 atom stereocenters. The Morgan fingerprint density at radius 2 is 1.69 bits per heavy atom. The van der Waals surface area contributed by atoms with Gasteiger partial charge >= 0.3 is 0 Å². The first-order valence-electron chi connectivity index (χ1n) is 12.1. The maximum Gasteiger partial charge on any atom is 0.224 e. The van der Waals surface area contributed by atoms with E-state index >= 15 is 0 Å². The third-order valence-electron chi connectivity index (χ3n) is 8.08. The summed E-state index contributed by atoms with van der Waals surface area (Å²) in [5.41, 5.74) is 5.56. The van der Waals surface area contributed by atoms with Crippen LogP contribution >= 0.6 is 0 Å². The van der Waals surface area contributed by atoms with E-state index in [0.717, 1.165) is 0 Å². The van der Waals surface area contributed by atoms with Gasteiger partial charge in [-0.15, -0.1) is 0 Å². The molecule has 1 saturated heterocycles. The molecule has 0 amide bonds. The second kappa shape index (κ2) is 8.93. The van der Waals surface area contributed by atoms with Gasteiger partial charge in [0, 0.05) is 0 Å². The maximum atomic E-state index is 10.7. The molecule has 3 rings (SSSR count). The summed E-state index contributed by atoms with van der Waals surface area (Å²) in [6.07, 6.45) is -0.820. The Labute approximate surface area is 210 Å². The van der Waals surface area contributed by atoms with Crippen molar-refractivity contribution >= 4 is 28.0 Å². The minimum atomic E-state index is -2.42. The number of nitrogen functional groups attached to an aromatic ring is 1. The number of aliphatic hydroxyl groups is 1. The number of aliphatic hydroxyl groups excluding tert-OH is 1. The van der Waals surface area contributed by atoms with E-state index in [4.69, 9.17) is 19.3 Å². The Morgan fingerprint density at radius 1 is 1.11 bits per heavy atom. The minimum absolute atomic E-state index is 0.0874. The lowest BCUT2D eigenvalue weighted by molar-refractivity contribution is -0.0620. The summed E-state index contributed by atoms with van der Waals surface area (Å²) in [6, 6.07) is 5.95. The minimum Gasteiger partial charge on any atom is -0.408 e. The van der Waals surface area contributed by atoms with Crippen LogP contribution in [-0.2, 0) is 19.2 Å². The molecule has 0 radical (unpaired) electrons. The third kappa shape index (κ3) is 4.68. The van der Waals surface area contributed by atoms with E-state index in [1.807, 2.05) is 0 Å². The SMILES string of the molecule is CC(C)(C)[Si](C)(C)O[C@@H]1[C@H](CO)O[C@@](C#N)(c2ccc3c(N)ncnn23)[C@@H]1O[Si](C)(C)C(C)(C)C. The van der Waals surface area contributed by atoms with E-state index in [1.165, 1.54) is 6.33 Å². The molecule has 0 bridgehead atoms. The van der Waals surface area contributed by atoms with Crippen LogP contribution in [0.3, 0.4) is 0 Å². The van der Waals surface area contributed by atoms with Crippen LogP contribution in [0.4, 0.5) is 5.82 Å². The van der Waals surface area contributed by atoms with Crippen LogP contribution in [0.15, 0.2) is 18.5 Å². The lowest BCUT2D eigenvalue weighted by atomic mass is 9.92. The van der Waals surface area contributed by atoms with Gasteiger partial charge in [-0.05, 0) is 48.4 Å². The number of anilines is 1. The number of ether oxygens (including phenoxy) is 1. The topological polar surface area (TPSA) is 128 Å². The zero-order chi connectivity index (χ0) is 26.6. The van der Waals surface area contributed by atoms with Crippen molar-refractivity contribution in [2.75, 3.05) is 12.3 Å². The van der Waals surface area contributed by atoms with Gasteiger partial charge in [-0.2, -0.15) is 10.4 Å². The van der Waals surface area contributed by atoms with E-state index in [9.17, 15) is 10.4 Å². The fraction of sp³-hybridized carbons (Fsp3) is 0.708. The van der Waals surface area contributed by atoms with E-state index in [0.29, 0.717) is 17.0 Å². The number of rotatable bonds is 6. The molecule has 9 nitrogen and oxygen atoms in total. The molecule has 0 saturated carbocycles. The average molecular weight is 520 g/mol. The molecule has 0 aliphatic carbocycles. The van der Waals surface area contributed by atoms with Gasteiger partial charge in [0.1, 0.15) is 36.2 Å². The molecule has 1 fully saturated rings. The number of hydrogen-bond acceptors (Lipinski definition) is 8. The lowest BCUT2D eigenvalue weighted by Gasteiger charge is -2.45. The van der Waals surface area contributed by atoms with Crippen molar-refractivity contribution in [3.63, 3.8) is 0 Å². The Bertz CT molecular complexity index is 1120. The van der Waals surface area contributed by atoms with Crippen molar-refractivity contribution in [2.24, 2.45) is 0 Å². The van der Waals surface area contributed by atoms with Gasteiger partial charge in [-0.25, -0.2) is 9.50 Å². The van der Waals surface area contributed by atoms with E-state index in [-0.39, 0.29) is 16.7 Å². The van der Waals surface area contributed by atoms with Crippen molar-refractivity contribution in [3.8, 4) is 6.07 Å². The molecule has 0 aromatic carbocycles. The normalized spacial score (nSPS) is 26.3. The van der Waals surface area contributed by atoms with Crippen LogP contribution in [0, 0.1) is 11.3 Å². The number of nitrogens with two attached hydrogens (primary N) is 1. The van der Waals surface area contributed by atoms with Crippen LogP contribution in [-0.4, -0.2) is 61.3 Å². The molecule has 3 heterocycles. The van der Waals surface area contributed by atoms with Gasteiger partial charge in [-0.1, -0.05) is 41.5 Å². The summed E-state index contributed by atoms with van der Waals surface area (Å²) in [5.74, 6) is 0.298. The van der Waals surface area contributed by atoms with Crippen molar-refractivity contribution in [3.05, 3.63) is 24.2 Å². The lowest BCUT2D eigenvalue weighted by Crippen LogP contribution is -2.56. The monoisotopic (exact) mass is 519 g/mol. The first-order chi connectivity index (χ1) is 15.9. The molecule has 35 heavy (non-hydrogen) atoms. The van der Waals surface area contributed by atoms with Gasteiger partial charge in [-0.3, -0.25) is 0 Å². The Kier molecular flexibility index (Phi) is 7.09. The first kappa shape index (κ1) is 27.8. The van der Waals surface area contributed by atoms with Crippen molar-refractivity contribution in [1.82, 2.24) is 14.6 Å². The van der Waals surface area contributed by atoms with Gasteiger partial charge < -0.3 is 24.4 Å². The van der Waals surface area contributed by atoms with Crippen LogP contribution in [0.1, 0.15) is 47.2 Å². The molecule has 0 unspecified atom stereocenters. The molecule has 1 aliphatic heterocycles. The quantitative estimate of drug-likeness (QED) is 0.543. The molecule has 3 N–H and O–H groups in total. The standard InChI is InChI=1S/C24H41N5O4Si2/c1-22(2,3)34(7,8)32-19-17(13-30)31-24(14-25,20(19)33-35(9,10)23(4,5)6)18-12-11-16-21(26)27-15-28-29(16)18/h11-12,15,17,19-20,30H,13H2,1-10H3,(H2,26,27,28)/t17-,19+,20+,24-/m0/s1. The summed E-state index contributed by atoms with van der Waals surface area (Å²) < 4.78 is 21.9. The predicted octanol–water partition coefficient (Wildman–Crippen LogP) is 4.20. The maximum absolute atomic E-state index is 10.7. The summed E-state index contributed by atoms with van der Waals surface area (Å²) in [6.45, 7) is 21.2. The highest BCUT2D eigenvalue weighted by Crippen LogP contribution is 2.49. The van der Waals surface area contributed by atoms with Gasteiger partial charge in [0.25, 0.3) is 0 Å². The highest BCUT2D eigenvalue weighted by atomic mass is 28.4. The molecule has 1 aliphatic rings. The molecule has 2 aromatic heterocycles. The molecule has 0 spiro atoms. The van der Waals surface area contributed by atoms with Crippen LogP contribution in [0.5, 0.6) is 0 Å². The fourth-order valence-corrected chi connectivity index (χ4v) is 6.42. The van der Waals surface area contributed by atoms with Crippen molar-refractivity contribution in [1.29, 1.82) is 5.26 Å². The second-order valence-corrected chi connectivity index (χ2v) is 22.0. The third-order valence-corrected chi connectivity index (χ3v) is 17.0. The summed E-state index contributed by atoms with van der Waals surface area (Å²) in [4.78, 5) is 4.07. The number of nitriles is 1. The summed E-state index contributed by atoms with van der Waals surface area (Å²) in [7, 11) is -4.75. The Balaban J connectivity index is 2.25. The number of aromatic nitrogens is 3. The largest absolute Gasteiger partial charge is 0.408 e. The smallest absolute Gasteiger partial charge is 0.224 e. The van der Waals surface area contributed by atoms with E-state index < -0.39 is 40.5 Å². The second-order valence-electron chi connectivity index (χ2n) is 12.5. The predicted molar refractivity (Wildman–Crippen MR) is 141 cm³/mol. The average Bonchev–Trinajstić information content (AvgIpc) is 3.27.